The highest BCUT2D eigenvalue weighted by Crippen LogP contribution is 2.31. The molecule has 3 rings (SSSR count). The number of carbonyl (C=O) groups is 1. The van der Waals surface area contributed by atoms with Crippen molar-refractivity contribution in [2.24, 2.45) is 0 Å². The highest BCUT2D eigenvalue weighted by Gasteiger charge is 2.07. The molecular formula is C15H12N4O2S. The predicted octanol–water partition coefficient (Wildman–Crippen LogP) is 2.64. The number of rotatable bonds is 3. The Morgan fingerprint density at radius 1 is 1.00 bits per heavy atom. The summed E-state index contributed by atoms with van der Waals surface area (Å²) in [6.45, 7) is 0. The minimum Gasteiger partial charge on any atom is -0.478 e. The lowest BCUT2D eigenvalue weighted by Gasteiger charge is -2.06. The number of aromatic carboxylic acids is 1. The van der Waals surface area contributed by atoms with Gasteiger partial charge in [-0.1, -0.05) is 11.8 Å². The summed E-state index contributed by atoms with van der Waals surface area (Å²) in [5.74, 6) is -0.453. The van der Waals surface area contributed by atoms with Gasteiger partial charge in [-0.3, -0.25) is 0 Å². The Morgan fingerprint density at radius 2 is 1.68 bits per heavy atom. The fourth-order valence-electron chi connectivity index (χ4n) is 2.01. The van der Waals surface area contributed by atoms with Gasteiger partial charge in [-0.25, -0.2) is 9.78 Å². The van der Waals surface area contributed by atoms with Crippen LogP contribution in [0.25, 0.3) is 10.9 Å². The number of fused-ring (bicyclic) bond motifs is 1. The summed E-state index contributed by atoms with van der Waals surface area (Å²) < 4.78 is 0. The summed E-state index contributed by atoms with van der Waals surface area (Å²) in [7, 11) is 0. The summed E-state index contributed by atoms with van der Waals surface area (Å²) in [6, 6.07) is 12.3. The second-order valence-corrected chi connectivity index (χ2v) is 5.72. The molecule has 5 N–H and O–H groups in total. The van der Waals surface area contributed by atoms with Crippen molar-refractivity contribution in [1.82, 2.24) is 9.97 Å². The van der Waals surface area contributed by atoms with E-state index in [0.29, 0.717) is 11.3 Å². The number of nitrogens with zero attached hydrogens (tertiary/aromatic N) is 2. The molecule has 0 atom stereocenters. The number of benzene rings is 2. The van der Waals surface area contributed by atoms with Crippen molar-refractivity contribution in [1.29, 1.82) is 0 Å². The molecule has 0 radical (unpaired) electrons. The molecule has 0 aliphatic carbocycles. The van der Waals surface area contributed by atoms with Crippen molar-refractivity contribution in [2.75, 3.05) is 11.5 Å². The first kappa shape index (κ1) is 14.2. The highest BCUT2D eigenvalue weighted by molar-refractivity contribution is 7.99. The number of anilines is 2. The molecule has 2 aromatic carbocycles. The molecule has 0 aliphatic rings. The maximum absolute atomic E-state index is 10.8. The predicted molar refractivity (Wildman–Crippen MR) is 85.9 cm³/mol. The normalized spacial score (nSPS) is 10.7. The zero-order valence-electron chi connectivity index (χ0n) is 11.4. The molecule has 22 heavy (non-hydrogen) atoms. The van der Waals surface area contributed by atoms with Gasteiger partial charge in [-0.15, -0.1) is 0 Å². The molecule has 0 spiro atoms. The average molecular weight is 312 g/mol. The average Bonchev–Trinajstić information content (AvgIpc) is 2.48. The molecule has 1 aromatic heterocycles. The Kier molecular flexibility index (Phi) is 3.56. The summed E-state index contributed by atoms with van der Waals surface area (Å²) >= 11 is 1.50. The maximum Gasteiger partial charge on any atom is 0.335 e. The monoisotopic (exact) mass is 312 g/mol. The van der Waals surface area contributed by atoms with Crippen molar-refractivity contribution in [3.63, 3.8) is 0 Å². The van der Waals surface area contributed by atoms with Crippen molar-refractivity contribution in [3.8, 4) is 0 Å². The van der Waals surface area contributed by atoms with Gasteiger partial charge in [0.15, 0.2) is 0 Å². The molecule has 0 fully saturated rings. The number of carboxylic acids is 1. The van der Waals surface area contributed by atoms with E-state index in [2.05, 4.69) is 9.97 Å². The van der Waals surface area contributed by atoms with Crippen LogP contribution >= 0.6 is 11.8 Å². The van der Waals surface area contributed by atoms with Crippen LogP contribution in [-0.2, 0) is 0 Å². The summed E-state index contributed by atoms with van der Waals surface area (Å²) in [4.78, 5) is 20.8. The van der Waals surface area contributed by atoms with E-state index in [9.17, 15) is 4.79 Å². The lowest BCUT2D eigenvalue weighted by Crippen LogP contribution is -2.00. The Balaban J connectivity index is 1.92. The molecular weight excluding hydrogens is 300 g/mol. The van der Waals surface area contributed by atoms with Crippen molar-refractivity contribution < 1.29 is 9.90 Å². The number of nitrogen functional groups attached to an aromatic ring is 2. The lowest BCUT2D eigenvalue weighted by molar-refractivity contribution is 0.0697. The molecule has 110 valence electrons. The quantitative estimate of drug-likeness (QED) is 0.681. The number of nitrogens with two attached hydrogens (primary N) is 2. The van der Waals surface area contributed by atoms with Gasteiger partial charge >= 0.3 is 5.97 Å². The van der Waals surface area contributed by atoms with E-state index in [1.165, 1.54) is 11.8 Å². The van der Waals surface area contributed by atoms with E-state index >= 15 is 0 Å². The zero-order valence-corrected chi connectivity index (χ0v) is 12.2. The first-order chi connectivity index (χ1) is 10.5. The van der Waals surface area contributed by atoms with Gasteiger partial charge < -0.3 is 16.6 Å². The third kappa shape index (κ3) is 2.79. The van der Waals surface area contributed by atoms with Crippen LogP contribution in [0.5, 0.6) is 0 Å². The molecule has 7 heteroatoms. The van der Waals surface area contributed by atoms with Crippen LogP contribution in [0, 0.1) is 0 Å². The molecule has 0 saturated carbocycles. The van der Waals surface area contributed by atoms with Gasteiger partial charge in [0.05, 0.1) is 11.1 Å². The van der Waals surface area contributed by atoms with E-state index in [1.54, 1.807) is 24.3 Å². The van der Waals surface area contributed by atoms with Crippen molar-refractivity contribution in [2.45, 2.75) is 9.79 Å². The SMILES string of the molecule is Nc1nc(N)c2cc(Sc3ccc(C(=O)O)cc3)ccc2n1. The molecule has 0 aliphatic heterocycles. The van der Waals surface area contributed by atoms with E-state index in [-0.39, 0.29) is 11.5 Å². The van der Waals surface area contributed by atoms with Gasteiger partial charge in [0.25, 0.3) is 0 Å². The van der Waals surface area contributed by atoms with Gasteiger partial charge in [-0.2, -0.15) is 4.98 Å². The first-order valence-corrected chi connectivity index (χ1v) is 7.18. The molecule has 3 aromatic rings. The third-order valence-corrected chi connectivity index (χ3v) is 4.05. The first-order valence-electron chi connectivity index (χ1n) is 6.37. The third-order valence-electron chi connectivity index (χ3n) is 3.05. The molecule has 0 bridgehead atoms. The second kappa shape index (κ2) is 5.53. The topological polar surface area (TPSA) is 115 Å². The number of hydrogen-bond donors (Lipinski definition) is 3. The zero-order chi connectivity index (χ0) is 15.7. The van der Waals surface area contributed by atoms with Gasteiger partial charge in [0.1, 0.15) is 5.82 Å². The number of carboxylic acid groups (broad SMARTS) is 1. The van der Waals surface area contributed by atoms with Crippen LogP contribution in [0.1, 0.15) is 10.4 Å². The minimum absolute atomic E-state index is 0.148. The van der Waals surface area contributed by atoms with Crippen LogP contribution in [0.15, 0.2) is 52.3 Å². The summed E-state index contributed by atoms with van der Waals surface area (Å²) in [5, 5.41) is 9.63. The molecule has 0 saturated heterocycles. The maximum atomic E-state index is 10.8. The highest BCUT2D eigenvalue weighted by atomic mass is 32.2. The largest absolute Gasteiger partial charge is 0.478 e. The Bertz CT molecular complexity index is 865. The van der Waals surface area contributed by atoms with Crippen molar-refractivity contribution in [3.05, 3.63) is 48.0 Å². The summed E-state index contributed by atoms with van der Waals surface area (Å²) in [6.07, 6.45) is 0. The van der Waals surface area contributed by atoms with Gasteiger partial charge in [-0.05, 0) is 42.5 Å². The number of hydrogen-bond acceptors (Lipinski definition) is 6. The standard InChI is InChI=1S/C15H12N4O2S/c16-13-11-7-10(5-6-12(11)18-15(17)19-13)22-9-3-1-8(2-4-9)14(20)21/h1-7H,(H,20,21)(H4,16,17,18,19). The van der Waals surface area contributed by atoms with Crippen LogP contribution in [0.3, 0.4) is 0 Å². The van der Waals surface area contributed by atoms with Gasteiger partial charge in [0, 0.05) is 15.2 Å². The summed E-state index contributed by atoms with van der Waals surface area (Å²) in [5.41, 5.74) is 12.4. The van der Waals surface area contributed by atoms with E-state index in [4.69, 9.17) is 16.6 Å². The smallest absolute Gasteiger partial charge is 0.335 e. The Hall–Kier alpha value is -2.80. The lowest BCUT2D eigenvalue weighted by atomic mass is 10.2. The van der Waals surface area contributed by atoms with E-state index < -0.39 is 5.97 Å². The minimum atomic E-state index is -0.940. The van der Waals surface area contributed by atoms with Crippen molar-refractivity contribution >= 4 is 40.4 Å². The molecule has 0 amide bonds. The van der Waals surface area contributed by atoms with Gasteiger partial charge in [0.2, 0.25) is 5.95 Å². The fraction of sp³-hybridized carbons (Fsp3) is 0. The fourth-order valence-corrected chi connectivity index (χ4v) is 2.87. The van der Waals surface area contributed by atoms with Crippen LogP contribution in [0.2, 0.25) is 0 Å². The molecule has 1 heterocycles. The van der Waals surface area contributed by atoms with Crippen LogP contribution in [-0.4, -0.2) is 21.0 Å². The molecule has 6 nitrogen and oxygen atoms in total. The van der Waals surface area contributed by atoms with E-state index in [1.807, 2.05) is 18.2 Å². The van der Waals surface area contributed by atoms with E-state index in [0.717, 1.165) is 15.2 Å². The van der Waals surface area contributed by atoms with Crippen LogP contribution in [0.4, 0.5) is 11.8 Å². The molecule has 0 unspecified atom stereocenters. The van der Waals surface area contributed by atoms with Crippen LogP contribution < -0.4 is 11.5 Å². The second-order valence-electron chi connectivity index (χ2n) is 4.58. The Labute approximate surface area is 130 Å². The Morgan fingerprint density at radius 3 is 2.36 bits per heavy atom. The number of aromatic nitrogens is 2.